The molecular formula is C16H20N4. The van der Waals surface area contributed by atoms with Gasteiger partial charge in [-0.1, -0.05) is 18.6 Å². The summed E-state index contributed by atoms with van der Waals surface area (Å²) in [4.78, 5) is 14.0. The number of hydrogen-bond donors (Lipinski definition) is 0. The van der Waals surface area contributed by atoms with Gasteiger partial charge in [-0.25, -0.2) is 9.97 Å². The number of anilines is 1. The molecule has 4 rings (SSSR count). The van der Waals surface area contributed by atoms with E-state index in [1.165, 1.54) is 37.7 Å². The summed E-state index contributed by atoms with van der Waals surface area (Å²) in [6.45, 7) is 4.64. The number of rotatable bonds is 1. The second-order valence-corrected chi connectivity index (χ2v) is 5.85. The van der Waals surface area contributed by atoms with Crippen molar-refractivity contribution in [3.63, 3.8) is 0 Å². The number of benzene rings is 1. The van der Waals surface area contributed by atoms with Crippen LogP contribution in [0.4, 0.5) is 5.82 Å². The lowest BCUT2D eigenvalue weighted by Gasteiger charge is -2.44. The Bertz CT molecular complexity index is 607. The van der Waals surface area contributed by atoms with Gasteiger partial charge < -0.3 is 4.90 Å². The molecule has 0 saturated carbocycles. The SMILES string of the molecule is c1ccc2c(N3CCN4CCCC[C@@H]4C3)ncnc2c1. The predicted molar refractivity (Wildman–Crippen MR) is 81.0 cm³/mol. The van der Waals surface area contributed by atoms with Crippen LogP contribution in [0.25, 0.3) is 10.9 Å². The molecule has 20 heavy (non-hydrogen) atoms. The summed E-state index contributed by atoms with van der Waals surface area (Å²) in [5.74, 6) is 1.11. The zero-order valence-corrected chi connectivity index (χ0v) is 11.7. The maximum Gasteiger partial charge on any atom is 0.139 e. The fourth-order valence-corrected chi connectivity index (χ4v) is 3.59. The minimum absolute atomic E-state index is 0.714. The number of piperidine rings is 1. The predicted octanol–water partition coefficient (Wildman–Crippen LogP) is 2.30. The van der Waals surface area contributed by atoms with Crippen LogP contribution in [0.15, 0.2) is 30.6 Å². The van der Waals surface area contributed by atoms with Gasteiger partial charge in [-0.3, -0.25) is 4.90 Å². The molecule has 2 aliphatic heterocycles. The van der Waals surface area contributed by atoms with Gasteiger partial charge in [-0.05, 0) is 31.5 Å². The zero-order chi connectivity index (χ0) is 13.4. The van der Waals surface area contributed by atoms with Crippen molar-refractivity contribution in [1.82, 2.24) is 14.9 Å². The van der Waals surface area contributed by atoms with E-state index in [-0.39, 0.29) is 0 Å². The first-order valence-electron chi connectivity index (χ1n) is 7.60. The molecule has 4 nitrogen and oxygen atoms in total. The molecule has 0 N–H and O–H groups in total. The summed E-state index contributed by atoms with van der Waals surface area (Å²) in [6.07, 6.45) is 5.77. The fourth-order valence-electron chi connectivity index (χ4n) is 3.59. The van der Waals surface area contributed by atoms with Gasteiger partial charge in [0.2, 0.25) is 0 Å². The Morgan fingerprint density at radius 1 is 1.00 bits per heavy atom. The Hall–Kier alpha value is -1.68. The van der Waals surface area contributed by atoms with Gasteiger partial charge >= 0.3 is 0 Å². The molecular weight excluding hydrogens is 248 g/mol. The Morgan fingerprint density at radius 3 is 2.95 bits per heavy atom. The third-order valence-electron chi connectivity index (χ3n) is 4.66. The van der Waals surface area contributed by atoms with Crippen LogP contribution in [0.1, 0.15) is 19.3 Å². The van der Waals surface area contributed by atoms with E-state index in [9.17, 15) is 0 Å². The van der Waals surface area contributed by atoms with Crippen molar-refractivity contribution in [2.45, 2.75) is 25.3 Å². The van der Waals surface area contributed by atoms with Crippen molar-refractivity contribution in [1.29, 1.82) is 0 Å². The van der Waals surface area contributed by atoms with E-state index in [1.54, 1.807) is 6.33 Å². The molecule has 0 aliphatic carbocycles. The lowest BCUT2D eigenvalue weighted by Crippen LogP contribution is -2.55. The minimum atomic E-state index is 0.714. The van der Waals surface area contributed by atoms with E-state index in [4.69, 9.17) is 0 Å². The molecule has 3 heterocycles. The van der Waals surface area contributed by atoms with Gasteiger partial charge in [0.05, 0.1) is 5.52 Å². The summed E-state index contributed by atoms with van der Waals surface area (Å²) in [6, 6.07) is 9.03. The lowest BCUT2D eigenvalue weighted by atomic mass is 9.99. The molecule has 0 spiro atoms. The van der Waals surface area contributed by atoms with Gasteiger partial charge in [-0.2, -0.15) is 0 Å². The molecule has 2 fully saturated rings. The van der Waals surface area contributed by atoms with Crippen LogP contribution < -0.4 is 4.90 Å². The van der Waals surface area contributed by atoms with Crippen LogP contribution in [0.5, 0.6) is 0 Å². The van der Waals surface area contributed by atoms with E-state index in [0.29, 0.717) is 6.04 Å². The summed E-state index contributed by atoms with van der Waals surface area (Å²) in [7, 11) is 0. The molecule has 2 aliphatic rings. The van der Waals surface area contributed by atoms with E-state index >= 15 is 0 Å². The van der Waals surface area contributed by atoms with Crippen molar-refractivity contribution < 1.29 is 0 Å². The highest BCUT2D eigenvalue weighted by atomic mass is 15.3. The highest BCUT2D eigenvalue weighted by molar-refractivity contribution is 5.89. The van der Waals surface area contributed by atoms with Crippen molar-refractivity contribution in [2.75, 3.05) is 31.1 Å². The van der Waals surface area contributed by atoms with Gasteiger partial charge in [-0.15, -0.1) is 0 Å². The van der Waals surface area contributed by atoms with Crippen molar-refractivity contribution in [2.24, 2.45) is 0 Å². The van der Waals surface area contributed by atoms with Gasteiger partial charge in [0.25, 0.3) is 0 Å². The summed E-state index contributed by atoms with van der Waals surface area (Å²) in [5.41, 5.74) is 1.04. The quantitative estimate of drug-likeness (QED) is 0.794. The Kier molecular flexibility index (Phi) is 3.03. The molecule has 0 radical (unpaired) electrons. The number of fused-ring (bicyclic) bond motifs is 2. The molecule has 104 valence electrons. The van der Waals surface area contributed by atoms with E-state index in [1.807, 2.05) is 6.07 Å². The standard InChI is InChI=1S/C16H20N4/c1-2-7-15-14(6-1)16(18-12-17-15)20-10-9-19-8-4-3-5-13(19)11-20/h1-2,6-7,12-13H,3-5,8-11H2/t13-/m1/s1. The first-order valence-corrected chi connectivity index (χ1v) is 7.60. The van der Waals surface area contributed by atoms with Crippen LogP contribution in [0.2, 0.25) is 0 Å². The molecule has 0 amide bonds. The van der Waals surface area contributed by atoms with Crippen molar-refractivity contribution in [3.05, 3.63) is 30.6 Å². The van der Waals surface area contributed by atoms with Crippen molar-refractivity contribution >= 4 is 16.7 Å². The number of piperazine rings is 1. The van der Waals surface area contributed by atoms with Crippen LogP contribution >= 0.6 is 0 Å². The fraction of sp³-hybridized carbons (Fsp3) is 0.500. The van der Waals surface area contributed by atoms with Crippen LogP contribution in [0.3, 0.4) is 0 Å². The van der Waals surface area contributed by atoms with Crippen LogP contribution in [-0.4, -0.2) is 47.1 Å². The Balaban J connectivity index is 1.66. The summed E-state index contributed by atoms with van der Waals surface area (Å²) in [5, 5.41) is 1.18. The molecule has 1 aromatic carbocycles. The number of para-hydroxylation sites is 1. The summed E-state index contributed by atoms with van der Waals surface area (Å²) < 4.78 is 0. The molecule has 1 atom stereocenters. The number of aromatic nitrogens is 2. The van der Waals surface area contributed by atoms with Crippen LogP contribution in [-0.2, 0) is 0 Å². The maximum atomic E-state index is 4.56. The second kappa shape index (κ2) is 5.02. The van der Waals surface area contributed by atoms with Gasteiger partial charge in [0, 0.05) is 31.1 Å². The average Bonchev–Trinajstić information content (AvgIpc) is 2.54. The van der Waals surface area contributed by atoms with E-state index in [2.05, 4.69) is 38.0 Å². The highest BCUT2D eigenvalue weighted by Crippen LogP contribution is 2.27. The molecule has 2 saturated heterocycles. The second-order valence-electron chi connectivity index (χ2n) is 5.85. The number of nitrogens with zero attached hydrogens (tertiary/aromatic N) is 4. The smallest absolute Gasteiger partial charge is 0.139 e. The van der Waals surface area contributed by atoms with Crippen molar-refractivity contribution in [3.8, 4) is 0 Å². The van der Waals surface area contributed by atoms with E-state index in [0.717, 1.165) is 24.4 Å². The Labute approximate surface area is 119 Å². The number of hydrogen-bond acceptors (Lipinski definition) is 4. The lowest BCUT2D eigenvalue weighted by molar-refractivity contribution is 0.133. The summed E-state index contributed by atoms with van der Waals surface area (Å²) >= 11 is 0. The van der Waals surface area contributed by atoms with Gasteiger partial charge in [0.1, 0.15) is 12.1 Å². The normalized spacial score (nSPS) is 23.8. The molecule has 1 aromatic heterocycles. The average molecular weight is 268 g/mol. The van der Waals surface area contributed by atoms with Crippen LogP contribution in [0, 0.1) is 0 Å². The van der Waals surface area contributed by atoms with E-state index < -0.39 is 0 Å². The zero-order valence-electron chi connectivity index (χ0n) is 11.7. The molecule has 0 unspecified atom stereocenters. The third kappa shape index (κ3) is 2.04. The molecule has 0 bridgehead atoms. The monoisotopic (exact) mass is 268 g/mol. The largest absolute Gasteiger partial charge is 0.353 e. The first-order chi connectivity index (χ1) is 9.92. The third-order valence-corrected chi connectivity index (χ3v) is 4.66. The topological polar surface area (TPSA) is 32.3 Å². The minimum Gasteiger partial charge on any atom is -0.353 e. The molecule has 4 heteroatoms. The van der Waals surface area contributed by atoms with Gasteiger partial charge in [0.15, 0.2) is 0 Å². The highest BCUT2D eigenvalue weighted by Gasteiger charge is 2.29. The maximum absolute atomic E-state index is 4.56. The molecule has 2 aromatic rings. The first kappa shape index (κ1) is 12.1. The Morgan fingerprint density at radius 2 is 1.95 bits per heavy atom.